The van der Waals surface area contributed by atoms with Gasteiger partial charge in [0.2, 0.25) is 0 Å². The number of allylic oxidation sites excluding steroid dienone is 4. The number of rotatable bonds is 9. The van der Waals surface area contributed by atoms with E-state index in [0.29, 0.717) is 30.8 Å². The van der Waals surface area contributed by atoms with Crippen LogP contribution in [0.1, 0.15) is 55.6 Å². The van der Waals surface area contributed by atoms with E-state index in [1.807, 2.05) is 58.0 Å². The molecule has 1 saturated heterocycles. The second kappa shape index (κ2) is 10.5. The summed E-state index contributed by atoms with van der Waals surface area (Å²) in [5.74, 6) is -2.03. The molecular formula is C35H38O7. The Morgan fingerprint density at radius 2 is 1.79 bits per heavy atom. The van der Waals surface area contributed by atoms with Crippen molar-refractivity contribution < 1.29 is 34.0 Å². The van der Waals surface area contributed by atoms with Crippen LogP contribution in [0.2, 0.25) is 0 Å². The zero-order chi connectivity index (χ0) is 29.8. The Hall–Kier alpha value is -3.68. The molecule has 220 valence electrons. The second-order valence-electron chi connectivity index (χ2n) is 12.4. The minimum atomic E-state index is -1.40. The molecule has 0 unspecified atom stereocenters. The average molecular weight is 571 g/mol. The summed E-state index contributed by atoms with van der Waals surface area (Å²) in [6, 6.07) is 11.3. The number of phenolic OH excluding ortho intramolecular Hbond substituents is 2. The molecule has 5 aliphatic rings. The fourth-order valence-corrected chi connectivity index (χ4v) is 7.26. The Morgan fingerprint density at radius 3 is 2.50 bits per heavy atom. The van der Waals surface area contributed by atoms with Crippen LogP contribution in [-0.4, -0.2) is 52.8 Å². The quantitative estimate of drug-likeness (QED) is 0.296. The molecule has 2 aromatic rings. The van der Waals surface area contributed by atoms with Gasteiger partial charge in [0.15, 0.2) is 22.8 Å². The highest BCUT2D eigenvalue weighted by Gasteiger charge is 2.79. The molecule has 2 aromatic carbocycles. The molecule has 3 aliphatic carbocycles. The molecule has 2 aliphatic heterocycles. The van der Waals surface area contributed by atoms with E-state index in [-0.39, 0.29) is 59.2 Å². The van der Waals surface area contributed by atoms with Gasteiger partial charge in [-0.1, -0.05) is 59.7 Å². The van der Waals surface area contributed by atoms with Crippen molar-refractivity contribution in [1.82, 2.24) is 0 Å². The third kappa shape index (κ3) is 4.16. The monoisotopic (exact) mass is 570 g/mol. The predicted molar refractivity (Wildman–Crippen MR) is 158 cm³/mol. The summed E-state index contributed by atoms with van der Waals surface area (Å²) in [6.45, 7) is 8.87. The lowest BCUT2D eigenvalue weighted by molar-refractivity contribution is -0.172. The van der Waals surface area contributed by atoms with Gasteiger partial charge in [-0.3, -0.25) is 9.59 Å². The van der Waals surface area contributed by atoms with Crippen LogP contribution in [-0.2, 0) is 27.1 Å². The molecule has 2 fully saturated rings. The standard InChI is InChI=1S/C35H38O7/c1-20(2)10-11-23-28(36)17-29(37)30-31(38)26-16-24-25(18-40-15-13-22-8-6-5-7-9-22)27-19-41-34(33(24)39,14-12-21(3)4)35(26,27)42-32(23)30/h5-10,12,16-17,24-25,27,36-37H,11,13-15,18-19H2,1-4H3/t24-,25+,27-,34+,35-/m1/s1. The number of ketones is 2. The first-order chi connectivity index (χ1) is 20.1. The van der Waals surface area contributed by atoms with Crippen molar-refractivity contribution in [2.24, 2.45) is 17.8 Å². The maximum atomic E-state index is 14.4. The average Bonchev–Trinajstić information content (AvgIpc) is 3.23. The SMILES string of the molecule is CC(C)=CCc1c(O)cc(O)c2c1O[C@@]13C(=C[C@H]4C(=O)[C@]1(CC=C(C)C)OC[C@@H]3[C@H]4COCCc1ccccc1)C2=O. The molecule has 0 radical (unpaired) electrons. The normalized spacial score (nSPS) is 28.5. The first-order valence-electron chi connectivity index (χ1n) is 14.7. The van der Waals surface area contributed by atoms with Gasteiger partial charge in [0, 0.05) is 41.4 Å². The number of carbonyl (C=O) groups is 2. The third-order valence-corrected chi connectivity index (χ3v) is 9.33. The van der Waals surface area contributed by atoms with E-state index in [9.17, 15) is 19.8 Å². The van der Waals surface area contributed by atoms with E-state index >= 15 is 0 Å². The van der Waals surface area contributed by atoms with Crippen LogP contribution < -0.4 is 4.74 Å². The Kier molecular flexibility index (Phi) is 7.14. The van der Waals surface area contributed by atoms with Crippen LogP contribution in [0, 0.1) is 17.8 Å². The highest BCUT2D eigenvalue weighted by atomic mass is 16.6. The van der Waals surface area contributed by atoms with Crippen LogP contribution >= 0.6 is 0 Å². The maximum absolute atomic E-state index is 14.4. The van der Waals surface area contributed by atoms with Crippen molar-refractivity contribution in [2.75, 3.05) is 19.8 Å². The number of carbonyl (C=O) groups excluding carboxylic acids is 2. The highest BCUT2D eigenvalue weighted by Crippen LogP contribution is 2.65. The van der Waals surface area contributed by atoms with E-state index in [2.05, 4.69) is 12.1 Å². The number of aromatic hydroxyl groups is 2. The fourth-order valence-electron chi connectivity index (χ4n) is 7.26. The lowest BCUT2D eigenvalue weighted by Gasteiger charge is -2.58. The summed E-state index contributed by atoms with van der Waals surface area (Å²) in [6.07, 6.45) is 6.95. The van der Waals surface area contributed by atoms with Crippen LogP contribution in [0.25, 0.3) is 0 Å². The van der Waals surface area contributed by atoms with Gasteiger partial charge in [0.25, 0.3) is 0 Å². The number of hydrogen-bond donors (Lipinski definition) is 2. The molecule has 1 spiro atoms. The highest BCUT2D eigenvalue weighted by molar-refractivity contribution is 6.18. The summed E-state index contributed by atoms with van der Waals surface area (Å²) >= 11 is 0. The number of Topliss-reactive ketones (excluding diaryl/α,β-unsaturated/α-hetero) is 2. The van der Waals surface area contributed by atoms with Gasteiger partial charge < -0.3 is 24.4 Å². The van der Waals surface area contributed by atoms with Crippen molar-refractivity contribution in [3.05, 3.63) is 88.0 Å². The molecule has 0 aromatic heterocycles. The number of phenols is 2. The van der Waals surface area contributed by atoms with Crippen LogP contribution in [0.4, 0.5) is 0 Å². The largest absolute Gasteiger partial charge is 0.507 e. The Labute approximate surface area is 246 Å². The summed E-state index contributed by atoms with van der Waals surface area (Å²) in [5.41, 5.74) is 1.21. The molecule has 7 rings (SSSR count). The van der Waals surface area contributed by atoms with Crippen LogP contribution in [0.3, 0.4) is 0 Å². The molecule has 1 saturated carbocycles. The molecule has 2 N–H and O–H groups in total. The fraction of sp³-hybridized carbons (Fsp3) is 0.429. The first-order valence-corrected chi connectivity index (χ1v) is 14.7. The van der Waals surface area contributed by atoms with Gasteiger partial charge in [0.05, 0.1) is 19.8 Å². The van der Waals surface area contributed by atoms with Gasteiger partial charge in [-0.15, -0.1) is 0 Å². The van der Waals surface area contributed by atoms with Crippen molar-refractivity contribution in [3.63, 3.8) is 0 Å². The van der Waals surface area contributed by atoms with Crippen molar-refractivity contribution in [3.8, 4) is 17.2 Å². The third-order valence-electron chi connectivity index (χ3n) is 9.33. The summed E-state index contributed by atoms with van der Waals surface area (Å²) < 4.78 is 19.6. The molecule has 7 heteroatoms. The van der Waals surface area contributed by atoms with Crippen molar-refractivity contribution in [1.29, 1.82) is 0 Å². The summed E-state index contributed by atoms with van der Waals surface area (Å²) in [7, 11) is 0. The van der Waals surface area contributed by atoms with Crippen molar-refractivity contribution in [2.45, 2.75) is 58.2 Å². The molecular weight excluding hydrogens is 532 g/mol. The van der Waals surface area contributed by atoms with E-state index in [1.54, 1.807) is 6.08 Å². The zero-order valence-electron chi connectivity index (χ0n) is 24.6. The van der Waals surface area contributed by atoms with Crippen LogP contribution in [0.5, 0.6) is 17.2 Å². The lowest BCUT2D eigenvalue weighted by Crippen LogP contribution is -2.74. The molecule has 7 nitrogen and oxygen atoms in total. The topological polar surface area (TPSA) is 102 Å². The summed E-state index contributed by atoms with van der Waals surface area (Å²) in [5, 5.41) is 21.8. The van der Waals surface area contributed by atoms with Crippen molar-refractivity contribution >= 4 is 11.6 Å². The number of fused-ring (bicyclic) bond motifs is 1. The smallest absolute Gasteiger partial charge is 0.200 e. The van der Waals surface area contributed by atoms with E-state index in [1.165, 1.54) is 11.6 Å². The first kappa shape index (κ1) is 28.4. The van der Waals surface area contributed by atoms with E-state index in [4.69, 9.17) is 14.2 Å². The number of benzene rings is 2. The van der Waals surface area contributed by atoms with Gasteiger partial charge in [-0.05, 0) is 46.1 Å². The Bertz CT molecular complexity index is 1530. The van der Waals surface area contributed by atoms with E-state index in [0.717, 1.165) is 17.6 Å². The van der Waals surface area contributed by atoms with Gasteiger partial charge in [-0.2, -0.15) is 0 Å². The van der Waals surface area contributed by atoms with Gasteiger partial charge in [-0.25, -0.2) is 0 Å². The zero-order valence-corrected chi connectivity index (χ0v) is 24.6. The maximum Gasteiger partial charge on any atom is 0.200 e. The minimum Gasteiger partial charge on any atom is -0.507 e. The Balaban J connectivity index is 1.44. The minimum absolute atomic E-state index is 0.0225. The van der Waals surface area contributed by atoms with Gasteiger partial charge in [0.1, 0.15) is 22.8 Å². The lowest BCUT2D eigenvalue weighted by atomic mass is 9.49. The predicted octanol–water partition coefficient (Wildman–Crippen LogP) is 5.68. The molecule has 4 bridgehead atoms. The molecule has 5 atom stereocenters. The van der Waals surface area contributed by atoms with Crippen LogP contribution in [0.15, 0.2) is 71.3 Å². The Morgan fingerprint density at radius 1 is 1.05 bits per heavy atom. The molecule has 0 amide bonds. The molecule has 42 heavy (non-hydrogen) atoms. The van der Waals surface area contributed by atoms with E-state index < -0.39 is 17.1 Å². The summed E-state index contributed by atoms with van der Waals surface area (Å²) in [4.78, 5) is 28.7. The van der Waals surface area contributed by atoms with Gasteiger partial charge >= 0.3 is 0 Å². The molecule has 2 heterocycles. The number of hydrogen-bond acceptors (Lipinski definition) is 7. The number of ether oxygens (including phenoxy) is 3. The second-order valence-corrected chi connectivity index (χ2v) is 12.4.